The minimum absolute atomic E-state index is 0.317. The standard InChI is InChI=1S/C10H19NO6S/c1-10(2,3)8(9(13)14)11-18(15,16)6-5-7(12)17-4/h8,11H,5-6H2,1-4H3,(H,13,14)/t8-/m1/s1. The van der Waals surface area contributed by atoms with Gasteiger partial charge in [0.15, 0.2) is 0 Å². The van der Waals surface area contributed by atoms with Crippen LogP contribution in [-0.2, 0) is 24.3 Å². The Bertz CT molecular complexity index is 409. The second-order valence-corrected chi connectivity index (χ2v) is 6.77. The number of methoxy groups -OCH3 is 1. The monoisotopic (exact) mass is 281 g/mol. The largest absolute Gasteiger partial charge is 0.480 e. The van der Waals surface area contributed by atoms with Crippen molar-refractivity contribution in [3.63, 3.8) is 0 Å². The van der Waals surface area contributed by atoms with Crippen molar-refractivity contribution >= 4 is 22.0 Å². The van der Waals surface area contributed by atoms with Crippen molar-refractivity contribution in [2.75, 3.05) is 12.9 Å². The summed E-state index contributed by atoms with van der Waals surface area (Å²) in [7, 11) is -2.70. The van der Waals surface area contributed by atoms with Gasteiger partial charge in [-0.2, -0.15) is 0 Å². The molecule has 0 unspecified atom stereocenters. The lowest BCUT2D eigenvalue weighted by Gasteiger charge is -2.27. The summed E-state index contributed by atoms with van der Waals surface area (Å²) >= 11 is 0. The van der Waals surface area contributed by atoms with Gasteiger partial charge in [0, 0.05) is 0 Å². The third-order valence-electron chi connectivity index (χ3n) is 2.21. The molecule has 8 heteroatoms. The number of carboxylic acid groups (broad SMARTS) is 1. The lowest BCUT2D eigenvalue weighted by atomic mass is 9.88. The van der Waals surface area contributed by atoms with Gasteiger partial charge in [0.2, 0.25) is 10.0 Å². The average molecular weight is 281 g/mol. The maximum Gasteiger partial charge on any atom is 0.322 e. The van der Waals surface area contributed by atoms with Gasteiger partial charge >= 0.3 is 11.9 Å². The van der Waals surface area contributed by atoms with Crippen LogP contribution in [0.4, 0.5) is 0 Å². The number of nitrogens with one attached hydrogen (secondary N) is 1. The smallest absolute Gasteiger partial charge is 0.322 e. The highest BCUT2D eigenvalue weighted by Gasteiger charge is 2.34. The van der Waals surface area contributed by atoms with Gasteiger partial charge in [-0.05, 0) is 5.41 Å². The Balaban J connectivity index is 4.73. The molecule has 0 saturated heterocycles. The molecule has 106 valence electrons. The van der Waals surface area contributed by atoms with Crippen molar-refractivity contribution in [2.45, 2.75) is 33.2 Å². The fourth-order valence-electron chi connectivity index (χ4n) is 1.16. The summed E-state index contributed by atoms with van der Waals surface area (Å²) in [4.78, 5) is 21.8. The van der Waals surface area contributed by atoms with E-state index >= 15 is 0 Å². The summed E-state index contributed by atoms with van der Waals surface area (Å²) in [5.41, 5.74) is -0.774. The van der Waals surface area contributed by atoms with Crippen LogP contribution in [0.15, 0.2) is 0 Å². The van der Waals surface area contributed by atoms with Gasteiger partial charge in [-0.1, -0.05) is 20.8 Å². The van der Waals surface area contributed by atoms with Crippen molar-refractivity contribution in [3.05, 3.63) is 0 Å². The minimum Gasteiger partial charge on any atom is -0.480 e. The fraction of sp³-hybridized carbons (Fsp3) is 0.800. The van der Waals surface area contributed by atoms with E-state index in [0.29, 0.717) is 0 Å². The summed E-state index contributed by atoms with van der Waals surface area (Å²) in [6.45, 7) is 4.82. The number of aliphatic carboxylic acids is 1. The summed E-state index contributed by atoms with van der Waals surface area (Å²) in [6, 6.07) is -1.25. The Morgan fingerprint density at radius 1 is 1.33 bits per heavy atom. The average Bonchev–Trinajstić information content (AvgIpc) is 2.21. The Labute approximate surface area is 107 Å². The molecule has 0 bridgehead atoms. The fourth-order valence-corrected chi connectivity index (χ4v) is 2.52. The van der Waals surface area contributed by atoms with E-state index in [2.05, 4.69) is 9.46 Å². The Kier molecular flexibility index (Phi) is 5.75. The minimum atomic E-state index is -3.85. The molecule has 0 aliphatic heterocycles. The SMILES string of the molecule is COC(=O)CCS(=O)(=O)N[C@H](C(=O)O)C(C)(C)C. The number of carboxylic acids is 1. The van der Waals surface area contributed by atoms with Crippen molar-refractivity contribution < 1.29 is 27.9 Å². The maximum atomic E-state index is 11.6. The van der Waals surface area contributed by atoms with Crippen LogP contribution in [0.5, 0.6) is 0 Å². The number of ether oxygens (including phenoxy) is 1. The first kappa shape index (κ1) is 16.9. The molecule has 0 aromatic carbocycles. The van der Waals surface area contributed by atoms with Crippen LogP contribution >= 0.6 is 0 Å². The summed E-state index contributed by atoms with van der Waals surface area (Å²) < 4.78 is 29.7. The zero-order valence-corrected chi connectivity index (χ0v) is 11.7. The van der Waals surface area contributed by atoms with E-state index in [1.54, 1.807) is 20.8 Å². The topological polar surface area (TPSA) is 110 Å². The van der Waals surface area contributed by atoms with Crippen LogP contribution in [0.25, 0.3) is 0 Å². The molecule has 0 aromatic heterocycles. The van der Waals surface area contributed by atoms with E-state index in [9.17, 15) is 18.0 Å². The summed E-state index contributed by atoms with van der Waals surface area (Å²) in [6.07, 6.45) is -0.317. The van der Waals surface area contributed by atoms with Gasteiger partial charge in [0.25, 0.3) is 0 Å². The van der Waals surface area contributed by atoms with Gasteiger partial charge in [0.05, 0.1) is 19.3 Å². The Hall–Kier alpha value is -1.15. The van der Waals surface area contributed by atoms with E-state index < -0.39 is 39.2 Å². The third kappa shape index (κ3) is 5.97. The van der Waals surface area contributed by atoms with E-state index in [0.717, 1.165) is 7.11 Å². The molecular formula is C10H19NO6S. The Morgan fingerprint density at radius 3 is 2.17 bits per heavy atom. The molecule has 0 aliphatic rings. The van der Waals surface area contributed by atoms with Gasteiger partial charge in [0.1, 0.15) is 6.04 Å². The van der Waals surface area contributed by atoms with Gasteiger partial charge < -0.3 is 9.84 Å². The van der Waals surface area contributed by atoms with Crippen molar-refractivity contribution in [1.29, 1.82) is 0 Å². The maximum absolute atomic E-state index is 11.6. The third-order valence-corrected chi connectivity index (χ3v) is 3.55. The molecule has 0 amide bonds. The molecule has 7 nitrogen and oxygen atoms in total. The van der Waals surface area contributed by atoms with Crippen molar-refractivity contribution in [1.82, 2.24) is 4.72 Å². The van der Waals surface area contributed by atoms with E-state index in [1.807, 2.05) is 0 Å². The molecule has 18 heavy (non-hydrogen) atoms. The van der Waals surface area contributed by atoms with E-state index in [-0.39, 0.29) is 6.42 Å². The zero-order valence-electron chi connectivity index (χ0n) is 10.9. The second kappa shape index (κ2) is 6.14. The Morgan fingerprint density at radius 2 is 1.83 bits per heavy atom. The lowest BCUT2D eigenvalue weighted by Crippen LogP contribution is -2.49. The quantitative estimate of drug-likeness (QED) is 0.661. The summed E-state index contributed by atoms with van der Waals surface area (Å²) in [5.74, 6) is -2.42. The predicted octanol–water partition coefficient (Wildman–Crippen LogP) is -0.0318. The number of esters is 1. The van der Waals surface area contributed by atoms with Crippen molar-refractivity contribution in [2.24, 2.45) is 5.41 Å². The van der Waals surface area contributed by atoms with Gasteiger partial charge in [-0.15, -0.1) is 0 Å². The molecule has 0 spiro atoms. The highest BCUT2D eigenvalue weighted by Crippen LogP contribution is 2.20. The van der Waals surface area contributed by atoms with Gasteiger partial charge in [-0.25, -0.2) is 13.1 Å². The van der Waals surface area contributed by atoms with Crippen LogP contribution in [0.2, 0.25) is 0 Å². The molecule has 0 radical (unpaired) electrons. The molecule has 0 heterocycles. The second-order valence-electron chi connectivity index (χ2n) is 4.90. The highest BCUT2D eigenvalue weighted by atomic mass is 32.2. The zero-order chi connectivity index (χ0) is 14.6. The molecule has 0 saturated carbocycles. The van der Waals surface area contributed by atoms with Crippen LogP contribution in [0.3, 0.4) is 0 Å². The molecule has 2 N–H and O–H groups in total. The van der Waals surface area contributed by atoms with Crippen LogP contribution < -0.4 is 4.72 Å². The van der Waals surface area contributed by atoms with E-state index in [4.69, 9.17) is 5.11 Å². The molecule has 0 rings (SSSR count). The van der Waals surface area contributed by atoms with Crippen LogP contribution in [0, 0.1) is 5.41 Å². The molecule has 0 aromatic rings. The van der Waals surface area contributed by atoms with Gasteiger partial charge in [-0.3, -0.25) is 9.59 Å². The van der Waals surface area contributed by atoms with E-state index in [1.165, 1.54) is 0 Å². The molecule has 0 aliphatic carbocycles. The first-order chi connectivity index (χ1) is 7.99. The number of carbonyl (C=O) groups is 2. The summed E-state index contributed by atoms with van der Waals surface area (Å²) in [5, 5.41) is 8.98. The van der Waals surface area contributed by atoms with Crippen molar-refractivity contribution in [3.8, 4) is 0 Å². The highest BCUT2D eigenvalue weighted by molar-refractivity contribution is 7.89. The first-order valence-electron chi connectivity index (χ1n) is 5.29. The predicted molar refractivity (Wildman–Crippen MR) is 64.4 cm³/mol. The normalized spacial score (nSPS) is 14.0. The number of hydrogen-bond donors (Lipinski definition) is 2. The molecular weight excluding hydrogens is 262 g/mol. The van der Waals surface area contributed by atoms with Crippen LogP contribution in [0.1, 0.15) is 27.2 Å². The number of carbonyl (C=O) groups excluding carboxylic acids is 1. The number of sulfonamides is 1. The first-order valence-corrected chi connectivity index (χ1v) is 6.94. The lowest BCUT2D eigenvalue weighted by molar-refractivity contribution is -0.141. The van der Waals surface area contributed by atoms with Crippen LogP contribution in [-0.4, -0.2) is 44.4 Å². The number of rotatable bonds is 6. The number of hydrogen-bond acceptors (Lipinski definition) is 5. The molecule has 0 fully saturated rings. The molecule has 1 atom stereocenters.